The predicted octanol–water partition coefficient (Wildman–Crippen LogP) is 5.93. The molecule has 0 spiro atoms. The number of hydrazine groups is 1. The van der Waals surface area contributed by atoms with E-state index in [9.17, 15) is 0 Å². The summed E-state index contributed by atoms with van der Waals surface area (Å²) in [6.45, 7) is 0. The van der Waals surface area contributed by atoms with E-state index in [-0.39, 0.29) is 0 Å². The molecule has 2 N–H and O–H groups in total. The molecule has 0 aliphatic heterocycles. The molecule has 0 radical (unpaired) electrons. The zero-order valence-electron chi connectivity index (χ0n) is 11.8. The van der Waals surface area contributed by atoms with Gasteiger partial charge < -0.3 is 10.9 Å². The third-order valence-electron chi connectivity index (χ3n) is 3.03. The van der Waals surface area contributed by atoms with Gasteiger partial charge in [0.25, 0.3) is 0 Å². The standard InChI is InChI=1S/C18H15ClN2S/c19-14-6-8-15(9-7-14)20-21-16-10-12-18(13-11-16)22-17-4-2-1-3-5-17/h1-13,20-21H. The minimum Gasteiger partial charge on any atom is -0.301 e. The third kappa shape index (κ3) is 4.20. The topological polar surface area (TPSA) is 24.1 Å². The van der Waals surface area contributed by atoms with Gasteiger partial charge in [0.2, 0.25) is 0 Å². The Kier molecular flexibility index (Phi) is 4.88. The van der Waals surface area contributed by atoms with Crippen LogP contribution in [0.1, 0.15) is 0 Å². The van der Waals surface area contributed by atoms with Crippen LogP contribution in [0, 0.1) is 0 Å². The third-order valence-corrected chi connectivity index (χ3v) is 4.30. The fourth-order valence-electron chi connectivity index (χ4n) is 1.91. The van der Waals surface area contributed by atoms with Crippen molar-refractivity contribution < 1.29 is 0 Å². The molecule has 0 aliphatic rings. The molecular weight excluding hydrogens is 312 g/mol. The summed E-state index contributed by atoms with van der Waals surface area (Å²) in [4.78, 5) is 2.45. The van der Waals surface area contributed by atoms with E-state index in [1.165, 1.54) is 9.79 Å². The van der Waals surface area contributed by atoms with Crippen LogP contribution in [0.2, 0.25) is 5.02 Å². The highest BCUT2D eigenvalue weighted by Crippen LogP contribution is 2.28. The molecule has 0 saturated heterocycles. The summed E-state index contributed by atoms with van der Waals surface area (Å²) >= 11 is 7.61. The SMILES string of the molecule is Clc1ccc(NNc2ccc(Sc3ccccc3)cc2)cc1. The Morgan fingerprint density at radius 2 is 1.09 bits per heavy atom. The predicted molar refractivity (Wildman–Crippen MR) is 95.7 cm³/mol. The number of rotatable bonds is 5. The summed E-state index contributed by atoms with van der Waals surface area (Å²) in [6, 6.07) is 26.2. The minimum absolute atomic E-state index is 0.729. The summed E-state index contributed by atoms with van der Waals surface area (Å²) in [7, 11) is 0. The van der Waals surface area contributed by atoms with Crippen LogP contribution in [0.5, 0.6) is 0 Å². The molecule has 3 aromatic rings. The van der Waals surface area contributed by atoms with Gasteiger partial charge in [0.1, 0.15) is 0 Å². The number of benzene rings is 3. The first-order valence-corrected chi connectivity index (χ1v) is 8.10. The lowest BCUT2D eigenvalue weighted by Crippen LogP contribution is -2.07. The minimum atomic E-state index is 0.729. The molecule has 0 aromatic heterocycles. The maximum Gasteiger partial charge on any atom is 0.0540 e. The quantitative estimate of drug-likeness (QED) is 0.568. The Balaban J connectivity index is 1.58. The van der Waals surface area contributed by atoms with Crippen LogP contribution in [0.4, 0.5) is 11.4 Å². The lowest BCUT2D eigenvalue weighted by atomic mass is 10.3. The van der Waals surface area contributed by atoms with Crippen molar-refractivity contribution in [2.24, 2.45) is 0 Å². The van der Waals surface area contributed by atoms with Crippen molar-refractivity contribution in [3.05, 3.63) is 83.9 Å². The first-order chi connectivity index (χ1) is 10.8. The van der Waals surface area contributed by atoms with Crippen molar-refractivity contribution in [3.8, 4) is 0 Å². The maximum atomic E-state index is 5.86. The second kappa shape index (κ2) is 7.25. The van der Waals surface area contributed by atoms with E-state index in [4.69, 9.17) is 11.6 Å². The molecule has 0 fully saturated rings. The molecule has 0 saturated carbocycles. The molecule has 3 aromatic carbocycles. The largest absolute Gasteiger partial charge is 0.301 e. The van der Waals surface area contributed by atoms with Crippen LogP contribution in [-0.4, -0.2) is 0 Å². The van der Waals surface area contributed by atoms with Crippen LogP contribution in [0.3, 0.4) is 0 Å². The Morgan fingerprint density at radius 3 is 1.68 bits per heavy atom. The van der Waals surface area contributed by atoms with Gasteiger partial charge in [-0.15, -0.1) is 0 Å². The molecule has 2 nitrogen and oxygen atoms in total. The van der Waals surface area contributed by atoms with Gasteiger partial charge in [-0.25, -0.2) is 0 Å². The Bertz CT molecular complexity index is 712. The zero-order valence-corrected chi connectivity index (χ0v) is 13.4. The first kappa shape index (κ1) is 14.8. The molecule has 3 rings (SSSR count). The second-order valence-electron chi connectivity index (χ2n) is 4.70. The van der Waals surface area contributed by atoms with E-state index < -0.39 is 0 Å². The Hall–Kier alpha value is -2.10. The molecule has 0 atom stereocenters. The fourth-order valence-corrected chi connectivity index (χ4v) is 2.87. The molecule has 0 amide bonds. The smallest absolute Gasteiger partial charge is 0.0540 e. The van der Waals surface area contributed by atoms with Gasteiger partial charge in [-0.2, -0.15) is 0 Å². The number of hydrogen-bond donors (Lipinski definition) is 2. The van der Waals surface area contributed by atoms with Crippen LogP contribution < -0.4 is 10.9 Å². The molecular formula is C18H15ClN2S. The second-order valence-corrected chi connectivity index (χ2v) is 6.28. The van der Waals surface area contributed by atoms with E-state index in [1.807, 2.05) is 54.6 Å². The number of anilines is 2. The molecule has 4 heteroatoms. The summed E-state index contributed by atoms with van der Waals surface area (Å²) in [5.41, 5.74) is 8.28. The highest BCUT2D eigenvalue weighted by Gasteiger charge is 1.98. The summed E-state index contributed by atoms with van der Waals surface area (Å²) in [5.74, 6) is 0. The van der Waals surface area contributed by atoms with Gasteiger partial charge in [-0.3, -0.25) is 0 Å². The van der Waals surface area contributed by atoms with Gasteiger partial charge in [-0.05, 0) is 60.7 Å². The van der Waals surface area contributed by atoms with E-state index in [0.717, 1.165) is 16.4 Å². The van der Waals surface area contributed by atoms with Crippen molar-refractivity contribution in [2.75, 3.05) is 10.9 Å². The molecule has 22 heavy (non-hydrogen) atoms. The maximum absolute atomic E-state index is 5.86. The molecule has 0 aliphatic carbocycles. The number of hydrogen-bond acceptors (Lipinski definition) is 3. The fraction of sp³-hybridized carbons (Fsp3) is 0. The van der Waals surface area contributed by atoms with Crippen LogP contribution in [-0.2, 0) is 0 Å². The summed E-state index contributed by atoms with van der Waals surface area (Å²) in [6.07, 6.45) is 0. The lowest BCUT2D eigenvalue weighted by Gasteiger charge is -2.10. The Labute approximate surface area is 139 Å². The average molecular weight is 327 g/mol. The molecule has 0 unspecified atom stereocenters. The molecule has 0 heterocycles. The van der Waals surface area contributed by atoms with Crippen LogP contribution in [0.25, 0.3) is 0 Å². The van der Waals surface area contributed by atoms with Gasteiger partial charge in [-0.1, -0.05) is 41.6 Å². The normalized spacial score (nSPS) is 10.2. The van der Waals surface area contributed by atoms with E-state index >= 15 is 0 Å². The van der Waals surface area contributed by atoms with Crippen molar-refractivity contribution in [1.29, 1.82) is 0 Å². The highest BCUT2D eigenvalue weighted by molar-refractivity contribution is 7.99. The Morgan fingerprint density at radius 1 is 0.591 bits per heavy atom. The summed E-state index contributed by atoms with van der Waals surface area (Å²) in [5, 5.41) is 0.729. The molecule has 110 valence electrons. The highest BCUT2D eigenvalue weighted by atomic mass is 35.5. The van der Waals surface area contributed by atoms with Crippen molar-refractivity contribution in [3.63, 3.8) is 0 Å². The number of halogens is 1. The van der Waals surface area contributed by atoms with Crippen LogP contribution in [0.15, 0.2) is 88.7 Å². The average Bonchev–Trinajstić information content (AvgIpc) is 2.57. The van der Waals surface area contributed by atoms with Gasteiger partial charge in [0.05, 0.1) is 11.4 Å². The van der Waals surface area contributed by atoms with Gasteiger partial charge >= 0.3 is 0 Å². The zero-order chi connectivity index (χ0) is 15.2. The first-order valence-electron chi connectivity index (χ1n) is 6.90. The van der Waals surface area contributed by atoms with E-state index in [0.29, 0.717) is 0 Å². The van der Waals surface area contributed by atoms with Gasteiger partial charge in [0.15, 0.2) is 0 Å². The van der Waals surface area contributed by atoms with E-state index in [2.05, 4.69) is 35.1 Å². The van der Waals surface area contributed by atoms with Crippen LogP contribution >= 0.6 is 23.4 Å². The monoisotopic (exact) mass is 326 g/mol. The lowest BCUT2D eigenvalue weighted by molar-refractivity contribution is 1.37. The van der Waals surface area contributed by atoms with E-state index in [1.54, 1.807) is 11.8 Å². The van der Waals surface area contributed by atoms with Gasteiger partial charge in [0, 0.05) is 14.8 Å². The van der Waals surface area contributed by atoms with Crippen molar-refractivity contribution in [1.82, 2.24) is 0 Å². The van der Waals surface area contributed by atoms with Crippen molar-refractivity contribution >= 4 is 34.7 Å². The molecule has 0 bridgehead atoms. The summed E-state index contributed by atoms with van der Waals surface area (Å²) < 4.78 is 0. The number of nitrogens with one attached hydrogen (secondary N) is 2. The van der Waals surface area contributed by atoms with Crippen molar-refractivity contribution in [2.45, 2.75) is 9.79 Å².